The van der Waals surface area contributed by atoms with Gasteiger partial charge in [0, 0.05) is 25.6 Å². The fourth-order valence-corrected chi connectivity index (χ4v) is 4.43. The second kappa shape index (κ2) is 8.67. The Morgan fingerprint density at radius 3 is 2.69 bits per heavy atom. The van der Waals surface area contributed by atoms with Crippen LogP contribution in [0.25, 0.3) is 0 Å². The normalized spacial score (nSPS) is 23.4. The summed E-state index contributed by atoms with van der Waals surface area (Å²) in [5.74, 6) is -0.0655. The number of hydrogen-bond acceptors (Lipinski definition) is 3. The van der Waals surface area contributed by atoms with Crippen molar-refractivity contribution < 1.29 is 14.7 Å². The third kappa shape index (κ3) is 4.85. The number of hydrogen-bond donors (Lipinski definition) is 1. The van der Waals surface area contributed by atoms with Gasteiger partial charge >= 0.3 is 5.97 Å². The highest BCUT2D eigenvalue weighted by Gasteiger charge is 2.27. The zero-order chi connectivity index (χ0) is 18.5. The first kappa shape index (κ1) is 18.9. The van der Waals surface area contributed by atoms with Gasteiger partial charge in [0.05, 0.1) is 6.54 Å². The number of carbonyl (C=O) groups excluding carboxylic acids is 1. The van der Waals surface area contributed by atoms with Gasteiger partial charge in [-0.1, -0.05) is 24.3 Å². The second-order valence-corrected chi connectivity index (χ2v) is 7.86. The summed E-state index contributed by atoms with van der Waals surface area (Å²) in [6.45, 7) is 1.62. The molecule has 2 atom stereocenters. The predicted octanol–water partition coefficient (Wildman–Crippen LogP) is 2.58. The van der Waals surface area contributed by atoms with Crippen molar-refractivity contribution in [3.05, 3.63) is 35.4 Å². The number of fused-ring (bicyclic) bond motifs is 1. The van der Waals surface area contributed by atoms with Gasteiger partial charge in [0.1, 0.15) is 0 Å². The van der Waals surface area contributed by atoms with E-state index in [0.717, 1.165) is 51.6 Å². The molecule has 5 heteroatoms. The van der Waals surface area contributed by atoms with Gasteiger partial charge in [-0.25, -0.2) is 0 Å². The monoisotopic (exact) mass is 358 g/mol. The molecular formula is C21H30N2O3. The van der Waals surface area contributed by atoms with E-state index in [1.807, 2.05) is 16.8 Å². The third-order valence-corrected chi connectivity index (χ3v) is 5.97. The Kier molecular flexibility index (Phi) is 6.30. The summed E-state index contributed by atoms with van der Waals surface area (Å²) in [6, 6.07) is 8.84. The highest BCUT2D eigenvalue weighted by molar-refractivity contribution is 5.76. The number of aryl methyl sites for hydroxylation is 1. The van der Waals surface area contributed by atoms with Gasteiger partial charge in [-0.3, -0.25) is 14.5 Å². The Bertz CT molecular complexity index is 646. The van der Waals surface area contributed by atoms with Gasteiger partial charge in [0.15, 0.2) is 0 Å². The Morgan fingerprint density at radius 1 is 1.15 bits per heavy atom. The average molecular weight is 358 g/mol. The molecule has 142 valence electrons. The minimum atomic E-state index is -0.790. The number of rotatable bonds is 5. The quantitative estimate of drug-likeness (QED) is 0.879. The largest absolute Gasteiger partial charge is 0.480 e. The molecule has 2 aliphatic rings. The molecule has 26 heavy (non-hydrogen) atoms. The van der Waals surface area contributed by atoms with Crippen LogP contribution in [0.3, 0.4) is 0 Å². The van der Waals surface area contributed by atoms with Crippen molar-refractivity contribution in [2.75, 3.05) is 26.7 Å². The molecule has 3 rings (SSSR count). The highest BCUT2D eigenvalue weighted by atomic mass is 16.4. The van der Waals surface area contributed by atoms with Gasteiger partial charge in [-0.15, -0.1) is 0 Å². The van der Waals surface area contributed by atoms with Crippen LogP contribution in [0.1, 0.15) is 43.2 Å². The Balaban J connectivity index is 1.50. The van der Waals surface area contributed by atoms with E-state index < -0.39 is 5.97 Å². The lowest BCUT2D eigenvalue weighted by Gasteiger charge is -2.28. The predicted molar refractivity (Wildman–Crippen MR) is 101 cm³/mol. The first-order chi connectivity index (χ1) is 12.5. The molecular weight excluding hydrogens is 328 g/mol. The zero-order valence-corrected chi connectivity index (χ0v) is 15.7. The van der Waals surface area contributed by atoms with Crippen molar-refractivity contribution in [2.45, 2.75) is 51.0 Å². The number of likely N-dealkylation sites (N-methyl/N-ethyl adjacent to an activating group) is 1. The molecule has 1 N–H and O–H groups in total. The lowest BCUT2D eigenvalue weighted by molar-refractivity contribution is -0.138. The van der Waals surface area contributed by atoms with E-state index in [1.165, 1.54) is 11.1 Å². The molecule has 1 aliphatic carbocycles. The molecule has 1 aromatic carbocycles. The standard InChI is InChI=1S/C21H30N2O3/c1-22(15-21(25)26)19-7-4-11-23(12-10-19)20(24)14-16-8-9-17-5-2-3-6-18(17)13-16/h2-3,5-6,16,19H,4,7-15H2,1H3,(H,25,26). The lowest BCUT2D eigenvalue weighted by Crippen LogP contribution is -2.38. The molecule has 0 bridgehead atoms. The molecule has 1 heterocycles. The van der Waals surface area contributed by atoms with Crippen LogP contribution in [-0.2, 0) is 22.4 Å². The minimum Gasteiger partial charge on any atom is -0.480 e. The summed E-state index contributed by atoms with van der Waals surface area (Å²) in [7, 11) is 1.87. The Morgan fingerprint density at radius 2 is 1.92 bits per heavy atom. The molecule has 0 spiro atoms. The fraction of sp³-hybridized carbons (Fsp3) is 0.619. The number of likely N-dealkylation sites (tertiary alicyclic amines) is 1. The van der Waals surface area contributed by atoms with Crippen molar-refractivity contribution in [1.82, 2.24) is 9.80 Å². The molecule has 1 amide bonds. The number of amides is 1. The van der Waals surface area contributed by atoms with E-state index in [1.54, 1.807) is 0 Å². The molecule has 2 unspecified atom stereocenters. The van der Waals surface area contributed by atoms with E-state index in [9.17, 15) is 9.59 Å². The van der Waals surface area contributed by atoms with Crippen LogP contribution >= 0.6 is 0 Å². The Hall–Kier alpha value is -1.88. The van der Waals surface area contributed by atoms with Crippen molar-refractivity contribution in [3.8, 4) is 0 Å². The number of carbonyl (C=O) groups is 2. The van der Waals surface area contributed by atoms with Crippen LogP contribution in [0.5, 0.6) is 0 Å². The summed E-state index contributed by atoms with van der Waals surface area (Å²) in [6.07, 6.45) is 6.61. The highest BCUT2D eigenvalue weighted by Crippen LogP contribution is 2.28. The van der Waals surface area contributed by atoms with Crippen LogP contribution in [0.15, 0.2) is 24.3 Å². The summed E-state index contributed by atoms with van der Waals surface area (Å²) in [5.41, 5.74) is 2.85. The van der Waals surface area contributed by atoms with Crippen LogP contribution in [-0.4, -0.2) is 59.5 Å². The van der Waals surface area contributed by atoms with Gasteiger partial charge in [0.2, 0.25) is 5.91 Å². The topological polar surface area (TPSA) is 60.9 Å². The van der Waals surface area contributed by atoms with E-state index in [4.69, 9.17) is 5.11 Å². The maximum atomic E-state index is 12.8. The molecule has 0 radical (unpaired) electrons. The summed E-state index contributed by atoms with van der Waals surface area (Å²) >= 11 is 0. The molecule has 5 nitrogen and oxygen atoms in total. The van der Waals surface area contributed by atoms with E-state index >= 15 is 0 Å². The van der Waals surface area contributed by atoms with E-state index in [2.05, 4.69) is 24.3 Å². The van der Waals surface area contributed by atoms with Crippen molar-refractivity contribution in [3.63, 3.8) is 0 Å². The van der Waals surface area contributed by atoms with E-state index in [-0.39, 0.29) is 18.5 Å². The van der Waals surface area contributed by atoms with Gasteiger partial charge in [-0.2, -0.15) is 0 Å². The Labute approximate surface area is 156 Å². The maximum Gasteiger partial charge on any atom is 0.317 e. The lowest BCUT2D eigenvalue weighted by atomic mass is 9.82. The van der Waals surface area contributed by atoms with Crippen molar-refractivity contribution >= 4 is 11.9 Å². The van der Waals surface area contributed by atoms with Crippen molar-refractivity contribution in [2.24, 2.45) is 5.92 Å². The fourth-order valence-electron chi connectivity index (χ4n) is 4.43. The molecule has 1 saturated heterocycles. The number of carboxylic acid groups (broad SMARTS) is 1. The first-order valence-corrected chi connectivity index (χ1v) is 9.79. The summed E-state index contributed by atoms with van der Waals surface area (Å²) in [5, 5.41) is 8.97. The number of benzene rings is 1. The van der Waals surface area contributed by atoms with Crippen molar-refractivity contribution in [1.29, 1.82) is 0 Å². The smallest absolute Gasteiger partial charge is 0.317 e. The maximum absolute atomic E-state index is 12.8. The SMILES string of the molecule is CN(CC(=O)O)C1CCCN(C(=O)CC2CCc3ccccc3C2)CC1. The molecule has 0 aromatic heterocycles. The third-order valence-electron chi connectivity index (χ3n) is 5.97. The van der Waals surface area contributed by atoms with Crippen LogP contribution < -0.4 is 0 Å². The van der Waals surface area contributed by atoms with Gasteiger partial charge in [-0.05, 0) is 62.6 Å². The number of carboxylic acids is 1. The van der Waals surface area contributed by atoms with E-state index in [0.29, 0.717) is 12.3 Å². The number of aliphatic carboxylic acids is 1. The van der Waals surface area contributed by atoms with Crippen LogP contribution in [0, 0.1) is 5.92 Å². The second-order valence-electron chi connectivity index (χ2n) is 7.86. The molecule has 0 saturated carbocycles. The van der Waals surface area contributed by atoms with Gasteiger partial charge < -0.3 is 10.0 Å². The van der Waals surface area contributed by atoms with Crippen LogP contribution in [0.4, 0.5) is 0 Å². The summed E-state index contributed by atoms with van der Waals surface area (Å²) in [4.78, 5) is 27.6. The summed E-state index contributed by atoms with van der Waals surface area (Å²) < 4.78 is 0. The average Bonchev–Trinajstić information content (AvgIpc) is 2.87. The zero-order valence-electron chi connectivity index (χ0n) is 15.7. The minimum absolute atomic E-state index is 0.0695. The van der Waals surface area contributed by atoms with Gasteiger partial charge in [0.25, 0.3) is 0 Å². The number of nitrogens with zero attached hydrogens (tertiary/aromatic N) is 2. The molecule has 1 aliphatic heterocycles. The first-order valence-electron chi connectivity index (χ1n) is 9.79. The van der Waals surface area contributed by atoms with Crippen LogP contribution in [0.2, 0.25) is 0 Å². The molecule has 1 fully saturated rings. The molecule has 1 aromatic rings.